The van der Waals surface area contributed by atoms with Gasteiger partial charge in [-0.1, -0.05) is 11.6 Å². The maximum Gasteiger partial charge on any atom is 0.469 e. The fraction of sp³-hybridized carbons (Fsp3) is 0.500. The molecule has 0 spiro atoms. The number of halogens is 1. The number of anilines is 1. The lowest BCUT2D eigenvalue weighted by molar-refractivity contribution is -0.0607. The number of phosphoric acid groups is 1. The topological polar surface area (TPSA) is 206 Å². The van der Waals surface area contributed by atoms with Crippen molar-refractivity contribution < 1.29 is 33.8 Å². The second-order valence-corrected chi connectivity index (χ2v) is 7.11. The predicted molar refractivity (Wildman–Crippen MR) is 81.3 cm³/mol. The molecule has 1 aliphatic heterocycles. The Morgan fingerprint density at radius 3 is 2.88 bits per heavy atom. The number of hydrogen-bond donors (Lipinski definition) is 6. The minimum atomic E-state index is -4.83. The molecule has 0 aromatic carbocycles. The third-order valence-corrected chi connectivity index (χ3v) is 4.42. The number of fused-ring (bicyclic) bond motifs is 1. The van der Waals surface area contributed by atoms with Gasteiger partial charge in [-0.25, -0.2) is 9.55 Å². The largest absolute Gasteiger partial charge is 0.469 e. The van der Waals surface area contributed by atoms with Gasteiger partial charge in [0.25, 0.3) is 5.56 Å². The van der Waals surface area contributed by atoms with Gasteiger partial charge >= 0.3 is 7.82 Å². The van der Waals surface area contributed by atoms with Crippen molar-refractivity contribution in [2.45, 2.75) is 23.5 Å². The van der Waals surface area contributed by atoms with Gasteiger partial charge in [-0.3, -0.25) is 18.9 Å². The molecule has 0 amide bonds. The van der Waals surface area contributed by atoms with Crippen molar-refractivity contribution in [3.05, 3.63) is 16.7 Å². The van der Waals surface area contributed by atoms with Crippen LogP contribution in [0.3, 0.4) is 0 Å². The van der Waals surface area contributed by atoms with Gasteiger partial charge in [-0.2, -0.15) is 4.98 Å². The number of ether oxygens (including phenoxy) is 1. The van der Waals surface area contributed by atoms with E-state index in [0.29, 0.717) is 0 Å². The van der Waals surface area contributed by atoms with Crippen LogP contribution in [0.4, 0.5) is 5.95 Å². The van der Waals surface area contributed by atoms with Crippen molar-refractivity contribution >= 4 is 36.5 Å². The van der Waals surface area contributed by atoms with E-state index >= 15 is 0 Å². The molecule has 1 saturated heterocycles. The van der Waals surface area contributed by atoms with E-state index in [-0.39, 0.29) is 17.1 Å². The van der Waals surface area contributed by atoms with Crippen LogP contribution in [0.1, 0.15) is 6.23 Å². The van der Waals surface area contributed by atoms with Crippen LogP contribution in [-0.2, 0) is 13.8 Å². The summed E-state index contributed by atoms with van der Waals surface area (Å²) >= 11 is 5.94. The molecule has 2 aromatic heterocycles. The lowest BCUT2D eigenvalue weighted by Gasteiger charge is -2.24. The molecule has 0 aliphatic carbocycles. The van der Waals surface area contributed by atoms with Crippen LogP contribution in [0.2, 0.25) is 0 Å². The quantitative estimate of drug-likeness (QED) is 0.245. The first-order valence-electron chi connectivity index (χ1n) is 6.68. The Kier molecular flexibility index (Phi) is 4.38. The Labute approximate surface area is 143 Å². The normalized spacial score (nSPS) is 30.2. The summed E-state index contributed by atoms with van der Waals surface area (Å²) in [5.41, 5.74) is 4.64. The average Bonchev–Trinajstić information content (AvgIpc) is 2.97. The molecule has 138 valence electrons. The molecule has 3 heterocycles. The number of aliphatic hydroxyl groups excluding tert-OH is 1. The van der Waals surface area contributed by atoms with E-state index in [2.05, 4.69) is 19.5 Å². The zero-order valence-electron chi connectivity index (χ0n) is 12.2. The monoisotopic (exact) mass is 397 g/mol. The summed E-state index contributed by atoms with van der Waals surface area (Å²) in [6.45, 7) is -0.750. The highest BCUT2D eigenvalue weighted by atomic mass is 35.5. The third kappa shape index (κ3) is 3.28. The maximum absolute atomic E-state index is 11.8. The summed E-state index contributed by atoms with van der Waals surface area (Å²) < 4.78 is 21.5. The highest BCUT2D eigenvalue weighted by Crippen LogP contribution is 2.44. The molecular formula is C10H13ClN5O8P. The zero-order valence-corrected chi connectivity index (χ0v) is 13.8. The van der Waals surface area contributed by atoms with E-state index in [1.165, 1.54) is 0 Å². The first kappa shape index (κ1) is 18.2. The number of rotatable bonds is 4. The number of hydrogen-bond acceptors (Lipinski definition) is 9. The fourth-order valence-electron chi connectivity index (χ4n) is 2.42. The lowest BCUT2D eigenvalue weighted by Crippen LogP contribution is -2.42. The Balaban J connectivity index is 1.97. The molecule has 2 aromatic rings. The van der Waals surface area contributed by atoms with Gasteiger partial charge in [0.1, 0.15) is 12.2 Å². The molecule has 15 heteroatoms. The van der Waals surface area contributed by atoms with Crippen molar-refractivity contribution in [3.8, 4) is 0 Å². The summed E-state index contributed by atoms with van der Waals surface area (Å²) in [5.74, 6) is -0.225. The number of imidazole rings is 1. The van der Waals surface area contributed by atoms with Crippen LogP contribution in [-0.4, -0.2) is 63.4 Å². The summed E-state index contributed by atoms with van der Waals surface area (Å²) in [5, 5.41) is 18.0. The Hall–Kier alpha value is -1.57. The third-order valence-electron chi connectivity index (χ3n) is 3.53. The molecule has 1 fully saturated rings. The van der Waals surface area contributed by atoms with Crippen LogP contribution in [0.15, 0.2) is 11.1 Å². The van der Waals surface area contributed by atoms with Crippen LogP contribution in [0, 0.1) is 0 Å². The number of aliphatic hydroxyl groups is 2. The molecule has 0 saturated carbocycles. The summed E-state index contributed by atoms with van der Waals surface area (Å²) in [6, 6.07) is 0. The number of H-pyrrole nitrogens is 1. The molecule has 3 rings (SSSR count). The van der Waals surface area contributed by atoms with E-state index < -0.39 is 43.5 Å². The highest BCUT2D eigenvalue weighted by Gasteiger charge is 2.56. The SMILES string of the molecule is Nc1nc2c(ncn2[C@@H]2O[C@H](COP(=O)(O)O)[C@@H](O)[C@]2(O)Cl)c(=O)[nH]1. The van der Waals surface area contributed by atoms with Gasteiger partial charge in [0, 0.05) is 0 Å². The molecule has 25 heavy (non-hydrogen) atoms. The Morgan fingerprint density at radius 2 is 2.24 bits per heavy atom. The summed E-state index contributed by atoms with van der Waals surface area (Å²) in [7, 11) is -4.83. The highest BCUT2D eigenvalue weighted by molar-refractivity contribution is 7.46. The van der Waals surface area contributed by atoms with Crippen LogP contribution >= 0.6 is 19.4 Å². The van der Waals surface area contributed by atoms with Gasteiger partial charge in [-0.15, -0.1) is 0 Å². The van der Waals surface area contributed by atoms with Crippen molar-refractivity contribution in [1.82, 2.24) is 19.5 Å². The molecule has 13 nitrogen and oxygen atoms in total. The van der Waals surface area contributed by atoms with E-state index in [1.54, 1.807) is 0 Å². The number of nitrogens with one attached hydrogen (secondary N) is 1. The van der Waals surface area contributed by atoms with Gasteiger partial charge in [0.2, 0.25) is 11.0 Å². The van der Waals surface area contributed by atoms with Crippen molar-refractivity contribution in [1.29, 1.82) is 0 Å². The van der Waals surface area contributed by atoms with Gasteiger partial charge in [0.05, 0.1) is 12.9 Å². The van der Waals surface area contributed by atoms with Crippen LogP contribution in [0.5, 0.6) is 0 Å². The van der Waals surface area contributed by atoms with E-state index in [9.17, 15) is 19.6 Å². The maximum atomic E-state index is 11.8. The number of aromatic amines is 1. The second kappa shape index (κ2) is 6.00. The lowest BCUT2D eigenvalue weighted by atomic mass is 10.1. The number of nitrogens with zero attached hydrogens (tertiary/aromatic N) is 3. The minimum absolute atomic E-state index is 0.0749. The molecule has 4 atom stereocenters. The molecule has 0 unspecified atom stereocenters. The molecule has 0 bridgehead atoms. The van der Waals surface area contributed by atoms with Gasteiger partial charge in [0.15, 0.2) is 17.4 Å². The van der Waals surface area contributed by atoms with Crippen molar-refractivity contribution in [3.63, 3.8) is 0 Å². The predicted octanol–water partition coefficient (Wildman–Crippen LogP) is -2.00. The van der Waals surface area contributed by atoms with Crippen molar-refractivity contribution in [2.24, 2.45) is 0 Å². The number of alkyl halides is 1. The number of aromatic nitrogens is 4. The van der Waals surface area contributed by atoms with Crippen LogP contribution in [0.25, 0.3) is 11.2 Å². The average molecular weight is 398 g/mol. The first-order chi connectivity index (χ1) is 11.5. The Bertz CT molecular complexity index is 908. The van der Waals surface area contributed by atoms with E-state index in [0.717, 1.165) is 10.9 Å². The number of nitrogens with two attached hydrogens (primary N) is 1. The van der Waals surface area contributed by atoms with Crippen LogP contribution < -0.4 is 11.3 Å². The number of phosphoric ester groups is 1. The smallest absolute Gasteiger partial charge is 0.386 e. The van der Waals surface area contributed by atoms with Gasteiger partial charge in [-0.05, 0) is 0 Å². The first-order valence-corrected chi connectivity index (χ1v) is 8.59. The zero-order chi connectivity index (χ0) is 18.6. The fourth-order valence-corrected chi connectivity index (χ4v) is 3.06. The number of nitrogen functional groups attached to an aromatic ring is 1. The summed E-state index contributed by atoms with van der Waals surface area (Å²) in [6.07, 6.45) is -3.56. The molecule has 7 N–H and O–H groups in total. The molecule has 0 radical (unpaired) electrons. The van der Waals surface area contributed by atoms with Crippen molar-refractivity contribution in [2.75, 3.05) is 12.3 Å². The van der Waals surface area contributed by atoms with E-state index in [4.69, 9.17) is 31.9 Å². The summed E-state index contributed by atoms with van der Waals surface area (Å²) in [4.78, 5) is 39.2. The van der Waals surface area contributed by atoms with E-state index in [1.807, 2.05) is 0 Å². The minimum Gasteiger partial charge on any atom is -0.386 e. The Morgan fingerprint density at radius 1 is 1.56 bits per heavy atom. The van der Waals surface area contributed by atoms with Gasteiger partial charge < -0.3 is 30.5 Å². The molecular weight excluding hydrogens is 385 g/mol. The second-order valence-electron chi connectivity index (χ2n) is 5.26. The standard InChI is InChI=1S/C10H13ClN5O8P/c11-10(19)5(17)3(1-23-25(20,21)22)24-8(10)16-2-13-4-6(16)14-9(12)15-7(4)18/h2-3,5,8,17,19H,1H2,(H2,20,21,22)(H3,12,14,15,18)/t3-,5-,8-,10-/m1/s1. The molecule has 1 aliphatic rings.